The smallest absolute Gasteiger partial charge is 0.341 e. The van der Waals surface area contributed by atoms with E-state index in [1.54, 1.807) is 18.2 Å². The molecule has 0 aliphatic carbocycles. The van der Waals surface area contributed by atoms with E-state index in [1.807, 2.05) is 25.8 Å². The Labute approximate surface area is 128 Å². The van der Waals surface area contributed by atoms with Crippen LogP contribution in [0, 0.1) is 0 Å². The van der Waals surface area contributed by atoms with Crippen LogP contribution in [0.5, 0.6) is 5.75 Å². The van der Waals surface area contributed by atoms with Crippen molar-refractivity contribution in [3.8, 4) is 5.75 Å². The van der Waals surface area contributed by atoms with Crippen molar-refractivity contribution in [2.75, 3.05) is 26.2 Å². The molecule has 0 bridgehead atoms. The van der Waals surface area contributed by atoms with E-state index in [0.717, 1.165) is 5.39 Å². The lowest BCUT2D eigenvalue weighted by molar-refractivity contribution is 0.0597. The molecule has 0 fully saturated rings. The SMILES string of the molecule is COC(=O)c1cc2cc(N(C)C(C)C)c(=O)[nH]c2cc1OC. The molecule has 0 aliphatic rings. The summed E-state index contributed by atoms with van der Waals surface area (Å²) in [5.74, 6) is -0.122. The van der Waals surface area contributed by atoms with Crippen LogP contribution in [0.3, 0.4) is 0 Å². The van der Waals surface area contributed by atoms with E-state index < -0.39 is 5.97 Å². The molecular formula is C16H20N2O4. The Bertz CT molecular complexity index is 765. The second-order valence-electron chi connectivity index (χ2n) is 5.32. The van der Waals surface area contributed by atoms with Crippen molar-refractivity contribution in [3.05, 3.63) is 34.1 Å². The number of hydrogen-bond donors (Lipinski definition) is 1. The lowest BCUT2D eigenvalue weighted by Gasteiger charge is -2.23. The van der Waals surface area contributed by atoms with Crippen molar-refractivity contribution < 1.29 is 14.3 Å². The van der Waals surface area contributed by atoms with E-state index in [4.69, 9.17) is 9.47 Å². The standard InChI is InChI=1S/C16H20N2O4/c1-9(2)18(3)13-7-10-6-11(16(20)22-5)14(21-4)8-12(10)17-15(13)19/h6-9H,1-5H3,(H,17,19). The highest BCUT2D eigenvalue weighted by atomic mass is 16.5. The van der Waals surface area contributed by atoms with Gasteiger partial charge in [0.05, 0.1) is 19.7 Å². The number of anilines is 1. The topological polar surface area (TPSA) is 71.6 Å². The maximum atomic E-state index is 12.2. The number of esters is 1. The number of carbonyl (C=O) groups excluding carboxylic acids is 1. The van der Waals surface area contributed by atoms with Gasteiger partial charge >= 0.3 is 5.97 Å². The molecule has 118 valence electrons. The van der Waals surface area contributed by atoms with Gasteiger partial charge in [-0.15, -0.1) is 0 Å². The lowest BCUT2D eigenvalue weighted by Crippen LogP contribution is -2.31. The maximum Gasteiger partial charge on any atom is 0.341 e. The molecule has 0 amide bonds. The maximum absolute atomic E-state index is 12.2. The van der Waals surface area contributed by atoms with Crippen LogP contribution in [-0.4, -0.2) is 38.3 Å². The zero-order valence-electron chi connectivity index (χ0n) is 13.4. The number of aromatic nitrogens is 1. The van der Waals surface area contributed by atoms with Crippen LogP contribution >= 0.6 is 0 Å². The number of fused-ring (bicyclic) bond motifs is 1. The third-order valence-electron chi connectivity index (χ3n) is 3.70. The van der Waals surface area contributed by atoms with Crippen molar-refractivity contribution in [1.29, 1.82) is 0 Å². The first-order valence-electron chi connectivity index (χ1n) is 6.95. The number of methoxy groups -OCH3 is 2. The van der Waals surface area contributed by atoms with Gasteiger partial charge in [0.15, 0.2) is 0 Å². The van der Waals surface area contributed by atoms with E-state index >= 15 is 0 Å². The van der Waals surface area contributed by atoms with Crippen LogP contribution in [0.1, 0.15) is 24.2 Å². The van der Waals surface area contributed by atoms with Crippen molar-refractivity contribution >= 4 is 22.6 Å². The van der Waals surface area contributed by atoms with Crippen molar-refractivity contribution in [2.24, 2.45) is 0 Å². The average molecular weight is 304 g/mol. The average Bonchev–Trinajstić information content (AvgIpc) is 2.51. The quantitative estimate of drug-likeness (QED) is 0.877. The van der Waals surface area contributed by atoms with Crippen LogP contribution in [0.15, 0.2) is 23.0 Å². The van der Waals surface area contributed by atoms with Crippen LogP contribution in [-0.2, 0) is 4.74 Å². The molecule has 1 aromatic carbocycles. The number of hydrogen-bond acceptors (Lipinski definition) is 5. The molecule has 2 rings (SSSR count). The number of pyridine rings is 1. The predicted octanol–water partition coefficient (Wildman–Crippen LogP) is 2.17. The van der Waals surface area contributed by atoms with Gasteiger partial charge in [0.25, 0.3) is 5.56 Å². The molecule has 0 saturated heterocycles. The number of carbonyl (C=O) groups is 1. The molecule has 0 unspecified atom stereocenters. The minimum absolute atomic E-state index is 0.178. The molecule has 1 heterocycles. The lowest BCUT2D eigenvalue weighted by atomic mass is 10.1. The molecule has 1 N–H and O–H groups in total. The minimum atomic E-state index is -0.483. The van der Waals surface area contributed by atoms with Gasteiger partial charge in [0.2, 0.25) is 0 Å². The number of benzene rings is 1. The fourth-order valence-electron chi connectivity index (χ4n) is 2.20. The Kier molecular flexibility index (Phi) is 4.40. The van der Waals surface area contributed by atoms with Gasteiger partial charge in [-0.25, -0.2) is 4.79 Å². The van der Waals surface area contributed by atoms with Gasteiger partial charge in [-0.1, -0.05) is 0 Å². The summed E-state index contributed by atoms with van der Waals surface area (Å²) in [4.78, 5) is 28.8. The first-order valence-corrected chi connectivity index (χ1v) is 6.95. The summed E-state index contributed by atoms with van der Waals surface area (Å²) in [5, 5.41) is 0.739. The largest absolute Gasteiger partial charge is 0.496 e. The number of rotatable bonds is 4. The zero-order chi connectivity index (χ0) is 16.4. The van der Waals surface area contributed by atoms with Crippen molar-refractivity contribution in [2.45, 2.75) is 19.9 Å². The van der Waals surface area contributed by atoms with Crippen molar-refractivity contribution in [1.82, 2.24) is 4.98 Å². The summed E-state index contributed by atoms with van der Waals surface area (Å²) in [6, 6.07) is 5.23. The fraction of sp³-hybridized carbons (Fsp3) is 0.375. The van der Waals surface area contributed by atoms with Crippen LogP contribution in [0.25, 0.3) is 10.9 Å². The molecule has 0 aliphatic heterocycles. The summed E-state index contributed by atoms with van der Waals surface area (Å²) in [7, 11) is 4.63. The second kappa shape index (κ2) is 6.09. The monoisotopic (exact) mass is 304 g/mol. The molecule has 0 saturated carbocycles. The predicted molar refractivity (Wildman–Crippen MR) is 86.0 cm³/mol. The molecule has 2 aromatic rings. The Hall–Kier alpha value is -2.50. The molecule has 6 heteroatoms. The third kappa shape index (κ3) is 2.77. The number of nitrogens with zero attached hydrogens (tertiary/aromatic N) is 1. The third-order valence-corrected chi connectivity index (χ3v) is 3.70. The Morgan fingerprint density at radius 2 is 1.91 bits per heavy atom. The van der Waals surface area contributed by atoms with Crippen LogP contribution in [0.4, 0.5) is 5.69 Å². The van der Waals surface area contributed by atoms with Crippen molar-refractivity contribution in [3.63, 3.8) is 0 Å². The molecule has 22 heavy (non-hydrogen) atoms. The molecule has 6 nitrogen and oxygen atoms in total. The van der Waals surface area contributed by atoms with Gasteiger partial charge in [-0.05, 0) is 26.0 Å². The molecular weight excluding hydrogens is 284 g/mol. The van der Waals surface area contributed by atoms with Crippen LogP contribution in [0.2, 0.25) is 0 Å². The normalized spacial score (nSPS) is 10.8. The second-order valence-corrected chi connectivity index (χ2v) is 5.32. The number of ether oxygens (including phenoxy) is 2. The zero-order valence-corrected chi connectivity index (χ0v) is 13.4. The summed E-state index contributed by atoms with van der Waals surface area (Å²) in [6.45, 7) is 4.00. The highest BCUT2D eigenvalue weighted by molar-refractivity contribution is 5.98. The highest BCUT2D eigenvalue weighted by Gasteiger charge is 2.16. The molecule has 1 aromatic heterocycles. The van der Waals surface area contributed by atoms with Gasteiger partial charge < -0.3 is 19.4 Å². The fourth-order valence-corrected chi connectivity index (χ4v) is 2.20. The number of H-pyrrole nitrogens is 1. The highest BCUT2D eigenvalue weighted by Crippen LogP contribution is 2.26. The number of aromatic amines is 1. The van der Waals surface area contributed by atoms with E-state index in [0.29, 0.717) is 22.5 Å². The molecule has 0 spiro atoms. The van der Waals surface area contributed by atoms with E-state index in [1.165, 1.54) is 14.2 Å². The first kappa shape index (κ1) is 15.9. The molecule has 0 atom stereocenters. The number of nitrogens with one attached hydrogen (secondary N) is 1. The first-order chi connectivity index (χ1) is 10.4. The van der Waals surface area contributed by atoms with Gasteiger partial charge in [-0.3, -0.25) is 4.79 Å². The van der Waals surface area contributed by atoms with E-state index in [-0.39, 0.29) is 11.6 Å². The molecule has 0 radical (unpaired) electrons. The van der Waals surface area contributed by atoms with Crippen LogP contribution < -0.4 is 15.2 Å². The van der Waals surface area contributed by atoms with Gasteiger partial charge in [0.1, 0.15) is 17.0 Å². The van der Waals surface area contributed by atoms with E-state index in [2.05, 4.69) is 4.98 Å². The Morgan fingerprint density at radius 3 is 2.45 bits per heavy atom. The summed E-state index contributed by atoms with van der Waals surface area (Å²) in [6.07, 6.45) is 0. The van der Waals surface area contributed by atoms with Gasteiger partial charge in [0, 0.05) is 24.5 Å². The minimum Gasteiger partial charge on any atom is -0.496 e. The summed E-state index contributed by atoms with van der Waals surface area (Å²) < 4.78 is 9.96. The Balaban J connectivity index is 2.70. The summed E-state index contributed by atoms with van der Waals surface area (Å²) >= 11 is 0. The van der Waals surface area contributed by atoms with E-state index in [9.17, 15) is 9.59 Å². The van der Waals surface area contributed by atoms with Gasteiger partial charge in [-0.2, -0.15) is 0 Å². The Morgan fingerprint density at radius 1 is 1.23 bits per heavy atom. The summed E-state index contributed by atoms with van der Waals surface area (Å²) in [5.41, 5.74) is 1.29.